The lowest BCUT2D eigenvalue weighted by molar-refractivity contribution is 0.0726. The van der Waals surface area contributed by atoms with Crippen molar-refractivity contribution in [1.82, 2.24) is 9.80 Å². The lowest BCUT2D eigenvalue weighted by Crippen LogP contribution is -2.37. The van der Waals surface area contributed by atoms with Crippen molar-refractivity contribution in [3.05, 3.63) is 76.9 Å². The van der Waals surface area contributed by atoms with E-state index in [1.165, 1.54) is 12.1 Å². The number of nitrogens with one attached hydrogen (secondary N) is 1. The van der Waals surface area contributed by atoms with Crippen molar-refractivity contribution >= 4 is 11.6 Å². The molecule has 0 bridgehead atoms. The van der Waals surface area contributed by atoms with Gasteiger partial charge in [-0.2, -0.15) is 0 Å². The minimum absolute atomic E-state index is 0.0492. The van der Waals surface area contributed by atoms with Gasteiger partial charge < -0.3 is 39.5 Å². The van der Waals surface area contributed by atoms with E-state index in [0.29, 0.717) is 26.1 Å². The zero-order chi connectivity index (χ0) is 29.1. The Morgan fingerprint density at radius 2 is 1.86 bits per heavy atom. The van der Waals surface area contributed by atoms with E-state index in [1.807, 2.05) is 30.3 Å². The van der Waals surface area contributed by atoms with Gasteiger partial charge in [-0.15, -0.1) is 0 Å². The van der Waals surface area contributed by atoms with Crippen molar-refractivity contribution in [1.29, 1.82) is 0 Å². The lowest BCUT2D eigenvalue weighted by Gasteiger charge is -2.33. The summed E-state index contributed by atoms with van der Waals surface area (Å²) in [5.74, 6) is 0.187. The Kier molecular flexibility index (Phi) is 8.39. The highest BCUT2D eigenvalue weighted by atomic mass is 16.5. The third-order valence-electron chi connectivity index (χ3n) is 8.38. The van der Waals surface area contributed by atoms with Crippen LogP contribution in [0.15, 0.2) is 54.6 Å². The number of hydrogen-bond donors (Lipinski definition) is 3. The van der Waals surface area contributed by atoms with E-state index in [-0.39, 0.29) is 47.5 Å². The Morgan fingerprint density at radius 3 is 2.62 bits per heavy atom. The number of benzene rings is 3. The van der Waals surface area contributed by atoms with E-state index >= 15 is 0 Å². The Bertz CT molecular complexity index is 1400. The summed E-state index contributed by atoms with van der Waals surface area (Å²) >= 11 is 0. The summed E-state index contributed by atoms with van der Waals surface area (Å²) in [5.41, 5.74) is 4.12. The number of likely N-dealkylation sites (tertiary alicyclic amines) is 1. The van der Waals surface area contributed by atoms with E-state index < -0.39 is 0 Å². The maximum Gasteiger partial charge on any atom is 0.261 e. The summed E-state index contributed by atoms with van der Waals surface area (Å²) in [6.07, 6.45) is 3.76. The van der Waals surface area contributed by atoms with Crippen LogP contribution in [0.5, 0.6) is 23.0 Å². The summed E-state index contributed by atoms with van der Waals surface area (Å²) < 4.78 is 18.1. The Labute approximate surface area is 246 Å². The van der Waals surface area contributed by atoms with Crippen molar-refractivity contribution < 1.29 is 29.2 Å². The first-order chi connectivity index (χ1) is 20.4. The average Bonchev–Trinajstić information content (AvgIpc) is 3.50. The first-order valence-corrected chi connectivity index (χ1v) is 14.8. The first kappa shape index (κ1) is 28.2. The number of anilines is 1. The summed E-state index contributed by atoms with van der Waals surface area (Å²) in [7, 11) is 2.14. The molecule has 3 aliphatic rings. The number of phenolic OH excluding ortho intramolecular Hbond substituents is 2. The fraction of sp³-hybridized carbons (Fsp3) is 0.424. The molecule has 3 heterocycles. The van der Waals surface area contributed by atoms with Crippen molar-refractivity contribution in [2.24, 2.45) is 0 Å². The molecular weight excluding hydrogens is 534 g/mol. The Morgan fingerprint density at radius 1 is 1.05 bits per heavy atom. The fourth-order valence-corrected chi connectivity index (χ4v) is 5.98. The van der Waals surface area contributed by atoms with Crippen molar-refractivity contribution in [3.63, 3.8) is 0 Å². The van der Waals surface area contributed by atoms with Gasteiger partial charge in [-0.3, -0.25) is 4.79 Å². The standard InChI is InChI=1S/C33H39N3O6/c1-35-11-8-26(9-12-35)42-27-15-23-7-13-36(19-28(23)29(18-27)34-24-10-14-40-21-24)33(39)32-30(38)16-25(37)17-31(32)41-20-22-5-3-2-4-6-22/h2-6,15-18,24,26,34,37-38H,7-14,19-21H2,1H3/t24-/m0/s1. The smallest absolute Gasteiger partial charge is 0.261 e. The average molecular weight is 574 g/mol. The van der Waals surface area contributed by atoms with Crippen molar-refractivity contribution in [3.8, 4) is 23.0 Å². The topological polar surface area (TPSA) is 104 Å². The number of piperidine rings is 1. The van der Waals surface area contributed by atoms with E-state index in [9.17, 15) is 15.0 Å². The van der Waals surface area contributed by atoms with Gasteiger partial charge in [-0.05, 0) is 55.5 Å². The maximum atomic E-state index is 13.9. The molecule has 3 N–H and O–H groups in total. The lowest BCUT2D eigenvalue weighted by atomic mass is 9.96. The summed E-state index contributed by atoms with van der Waals surface area (Å²) in [6, 6.07) is 16.5. The Hall–Kier alpha value is -3.95. The van der Waals surface area contributed by atoms with Gasteiger partial charge in [0.05, 0.1) is 12.6 Å². The molecule has 2 fully saturated rings. The van der Waals surface area contributed by atoms with Gasteiger partial charge in [0.2, 0.25) is 0 Å². The van der Waals surface area contributed by atoms with Gasteiger partial charge in [-0.25, -0.2) is 0 Å². The van der Waals surface area contributed by atoms with Crippen molar-refractivity contribution in [2.75, 3.05) is 45.2 Å². The van der Waals surface area contributed by atoms with Crippen LogP contribution in [0.25, 0.3) is 0 Å². The molecular formula is C33H39N3O6. The molecule has 2 saturated heterocycles. The second kappa shape index (κ2) is 12.5. The molecule has 0 unspecified atom stereocenters. The number of carbonyl (C=O) groups excluding carboxylic acids is 1. The number of carbonyl (C=O) groups is 1. The maximum absolute atomic E-state index is 13.9. The van der Waals surface area contributed by atoms with Crippen LogP contribution in [0.3, 0.4) is 0 Å². The van der Waals surface area contributed by atoms with Gasteiger partial charge in [-0.1, -0.05) is 30.3 Å². The molecule has 3 aliphatic heterocycles. The molecule has 0 radical (unpaired) electrons. The molecule has 0 aromatic heterocycles. The van der Waals surface area contributed by atoms with Gasteiger partial charge in [0, 0.05) is 56.7 Å². The predicted octanol–water partition coefficient (Wildman–Crippen LogP) is 4.55. The molecule has 9 nitrogen and oxygen atoms in total. The number of amides is 1. The van der Waals surface area contributed by atoms with Crippen LogP contribution in [-0.2, 0) is 24.3 Å². The largest absolute Gasteiger partial charge is 0.508 e. The van der Waals surface area contributed by atoms with Crippen LogP contribution in [0.4, 0.5) is 5.69 Å². The molecule has 42 heavy (non-hydrogen) atoms. The number of fused-ring (bicyclic) bond motifs is 1. The quantitative estimate of drug-likeness (QED) is 0.361. The van der Waals surface area contributed by atoms with Crippen LogP contribution >= 0.6 is 0 Å². The summed E-state index contributed by atoms with van der Waals surface area (Å²) in [5, 5.41) is 24.6. The Balaban J connectivity index is 1.25. The summed E-state index contributed by atoms with van der Waals surface area (Å²) in [6.45, 7) is 4.47. The first-order valence-electron chi connectivity index (χ1n) is 14.8. The van der Waals surface area contributed by atoms with E-state index in [2.05, 4.69) is 29.4 Å². The van der Waals surface area contributed by atoms with Gasteiger partial charge in [0.25, 0.3) is 5.91 Å². The normalized spacial score (nSPS) is 19.4. The monoisotopic (exact) mass is 573 g/mol. The van der Waals surface area contributed by atoms with Crippen LogP contribution in [-0.4, -0.2) is 78.0 Å². The molecule has 6 rings (SSSR count). The van der Waals surface area contributed by atoms with Crippen LogP contribution < -0.4 is 14.8 Å². The number of ether oxygens (including phenoxy) is 3. The number of nitrogens with zero attached hydrogens (tertiary/aromatic N) is 2. The van der Waals surface area contributed by atoms with E-state index in [4.69, 9.17) is 14.2 Å². The van der Waals surface area contributed by atoms with Gasteiger partial charge in [0.15, 0.2) is 0 Å². The third kappa shape index (κ3) is 6.42. The second-order valence-electron chi connectivity index (χ2n) is 11.5. The molecule has 222 valence electrons. The molecule has 1 atom stereocenters. The molecule has 3 aromatic rings. The molecule has 0 aliphatic carbocycles. The highest BCUT2D eigenvalue weighted by Gasteiger charge is 2.30. The third-order valence-corrected chi connectivity index (χ3v) is 8.38. The van der Waals surface area contributed by atoms with Crippen molar-refractivity contribution in [2.45, 2.75) is 51.0 Å². The van der Waals surface area contributed by atoms with E-state index in [0.717, 1.165) is 67.1 Å². The molecule has 0 spiro atoms. The van der Waals surface area contributed by atoms with Crippen LogP contribution in [0.2, 0.25) is 0 Å². The molecule has 0 saturated carbocycles. The fourth-order valence-electron chi connectivity index (χ4n) is 5.98. The zero-order valence-corrected chi connectivity index (χ0v) is 24.1. The zero-order valence-electron chi connectivity index (χ0n) is 24.1. The highest BCUT2D eigenvalue weighted by Crippen LogP contribution is 2.38. The molecule has 1 amide bonds. The minimum Gasteiger partial charge on any atom is -0.508 e. The second-order valence-corrected chi connectivity index (χ2v) is 11.5. The summed E-state index contributed by atoms with van der Waals surface area (Å²) in [4.78, 5) is 18.0. The number of rotatable bonds is 8. The van der Waals surface area contributed by atoms with Crippen LogP contribution in [0, 0.1) is 0 Å². The minimum atomic E-state index is -0.344. The number of hydrogen-bond acceptors (Lipinski definition) is 8. The van der Waals surface area contributed by atoms with Gasteiger partial charge in [0.1, 0.15) is 41.3 Å². The van der Waals surface area contributed by atoms with E-state index in [1.54, 1.807) is 4.90 Å². The SMILES string of the molecule is CN1CCC(Oc2cc3c(c(N[C@H]4CCOC4)c2)CN(C(=O)c2c(O)cc(O)cc2OCc2ccccc2)CC3)CC1. The van der Waals surface area contributed by atoms with Crippen LogP contribution in [0.1, 0.15) is 46.3 Å². The number of phenols is 2. The molecule has 3 aromatic carbocycles. The predicted molar refractivity (Wildman–Crippen MR) is 159 cm³/mol. The molecule has 9 heteroatoms. The van der Waals surface area contributed by atoms with Gasteiger partial charge >= 0.3 is 0 Å². The number of aromatic hydroxyl groups is 2. The highest BCUT2D eigenvalue weighted by molar-refractivity contribution is 6.00.